The fraction of sp³-hybridized carbons (Fsp3) is 0.176. The van der Waals surface area contributed by atoms with Crippen LogP contribution in [0.4, 0.5) is 0 Å². The van der Waals surface area contributed by atoms with E-state index in [-0.39, 0.29) is 11.3 Å². The van der Waals surface area contributed by atoms with Gasteiger partial charge in [-0.2, -0.15) is 0 Å². The Morgan fingerprint density at radius 2 is 1.86 bits per heavy atom. The van der Waals surface area contributed by atoms with Crippen LogP contribution in [0.2, 0.25) is 0 Å². The van der Waals surface area contributed by atoms with Gasteiger partial charge in [-0.05, 0) is 36.1 Å². The van der Waals surface area contributed by atoms with Gasteiger partial charge in [-0.1, -0.05) is 24.3 Å². The van der Waals surface area contributed by atoms with Gasteiger partial charge in [0.15, 0.2) is 5.78 Å². The Balaban J connectivity index is 2.24. The van der Waals surface area contributed by atoms with E-state index in [4.69, 9.17) is 4.74 Å². The van der Waals surface area contributed by atoms with Gasteiger partial charge in [0.2, 0.25) is 0 Å². The zero-order valence-corrected chi connectivity index (χ0v) is 11.6. The lowest BCUT2D eigenvalue weighted by molar-refractivity contribution is 0.0695. The molecule has 0 spiro atoms. The first-order chi connectivity index (χ1) is 10.1. The van der Waals surface area contributed by atoms with Crippen LogP contribution >= 0.6 is 0 Å². The van der Waals surface area contributed by atoms with Crippen LogP contribution in [0.25, 0.3) is 0 Å². The third kappa shape index (κ3) is 2.18. The Hall–Kier alpha value is -2.62. The molecular formula is C17H14O4. The van der Waals surface area contributed by atoms with Gasteiger partial charge in [0, 0.05) is 5.56 Å². The first kappa shape index (κ1) is 13.4. The highest BCUT2D eigenvalue weighted by molar-refractivity contribution is 6.13. The number of carboxylic acids is 1. The molecule has 0 atom stereocenters. The first-order valence-corrected chi connectivity index (χ1v) is 6.68. The summed E-state index contributed by atoms with van der Waals surface area (Å²) >= 11 is 0. The summed E-state index contributed by atoms with van der Waals surface area (Å²) in [4.78, 5) is 24.0. The molecule has 0 fully saturated rings. The molecule has 106 valence electrons. The summed E-state index contributed by atoms with van der Waals surface area (Å²) in [7, 11) is 1.45. The number of hydrogen-bond acceptors (Lipinski definition) is 3. The molecule has 0 heterocycles. The largest absolute Gasteiger partial charge is 0.496 e. The zero-order chi connectivity index (χ0) is 15.0. The molecule has 1 aliphatic carbocycles. The molecule has 0 unspecified atom stereocenters. The van der Waals surface area contributed by atoms with E-state index >= 15 is 0 Å². The highest BCUT2D eigenvalue weighted by atomic mass is 16.5. The second-order valence-corrected chi connectivity index (χ2v) is 5.00. The molecule has 1 N–H and O–H groups in total. The van der Waals surface area contributed by atoms with E-state index in [1.165, 1.54) is 13.2 Å². The number of benzene rings is 2. The van der Waals surface area contributed by atoms with E-state index < -0.39 is 5.97 Å². The number of hydrogen-bond donors (Lipinski definition) is 1. The number of carboxylic acid groups (broad SMARTS) is 1. The van der Waals surface area contributed by atoms with Gasteiger partial charge in [0.25, 0.3) is 0 Å². The highest BCUT2D eigenvalue weighted by Crippen LogP contribution is 2.32. The van der Waals surface area contributed by atoms with Crippen molar-refractivity contribution in [3.05, 3.63) is 64.2 Å². The van der Waals surface area contributed by atoms with Crippen LogP contribution in [-0.2, 0) is 12.8 Å². The predicted octanol–water partition coefficient (Wildman–Crippen LogP) is 2.72. The standard InChI is InChI=1S/C17H14O4/c1-21-14-9-12(17(19)20)8-11-7-6-10-4-2-3-5-13(10)16(18)15(11)14/h2-5,8-9H,6-7H2,1H3,(H,19,20). The van der Waals surface area contributed by atoms with Crippen LogP contribution in [0.15, 0.2) is 36.4 Å². The first-order valence-electron chi connectivity index (χ1n) is 6.68. The van der Waals surface area contributed by atoms with E-state index in [1.54, 1.807) is 12.1 Å². The fourth-order valence-electron chi connectivity index (χ4n) is 2.78. The number of carbonyl (C=O) groups is 2. The average Bonchev–Trinajstić information content (AvgIpc) is 2.64. The number of ketones is 1. The topological polar surface area (TPSA) is 63.6 Å². The number of methoxy groups -OCH3 is 1. The second kappa shape index (κ2) is 5.05. The van der Waals surface area contributed by atoms with Crippen LogP contribution in [0.1, 0.15) is 37.4 Å². The van der Waals surface area contributed by atoms with Gasteiger partial charge < -0.3 is 9.84 Å². The van der Waals surface area contributed by atoms with E-state index in [9.17, 15) is 14.7 Å². The fourth-order valence-corrected chi connectivity index (χ4v) is 2.78. The van der Waals surface area contributed by atoms with Crippen LogP contribution in [0, 0.1) is 0 Å². The maximum absolute atomic E-state index is 12.8. The summed E-state index contributed by atoms with van der Waals surface area (Å²) in [6, 6.07) is 10.5. The van der Waals surface area contributed by atoms with Crippen LogP contribution in [-0.4, -0.2) is 24.0 Å². The molecule has 4 nitrogen and oxygen atoms in total. The minimum atomic E-state index is -1.02. The van der Waals surface area contributed by atoms with Crippen LogP contribution in [0.5, 0.6) is 5.75 Å². The van der Waals surface area contributed by atoms with Gasteiger partial charge in [0.05, 0.1) is 18.2 Å². The molecule has 1 aliphatic rings. The summed E-state index contributed by atoms with van der Waals surface area (Å²) in [5.74, 6) is -0.802. The number of fused-ring (bicyclic) bond motifs is 2. The zero-order valence-electron chi connectivity index (χ0n) is 11.6. The Morgan fingerprint density at radius 1 is 1.14 bits per heavy atom. The molecule has 3 rings (SSSR count). The lowest BCUT2D eigenvalue weighted by Gasteiger charge is -2.12. The van der Waals surface area contributed by atoms with Gasteiger partial charge in [-0.15, -0.1) is 0 Å². The van der Waals surface area contributed by atoms with Crippen molar-refractivity contribution in [2.45, 2.75) is 12.8 Å². The van der Waals surface area contributed by atoms with Crippen molar-refractivity contribution in [3.8, 4) is 5.75 Å². The van der Waals surface area contributed by atoms with E-state index in [1.807, 2.05) is 18.2 Å². The van der Waals surface area contributed by atoms with Crippen molar-refractivity contribution in [2.24, 2.45) is 0 Å². The van der Waals surface area contributed by atoms with E-state index in [0.29, 0.717) is 29.7 Å². The van der Waals surface area contributed by atoms with Crippen molar-refractivity contribution in [1.82, 2.24) is 0 Å². The SMILES string of the molecule is COc1cc(C(=O)O)cc2c1C(=O)c1ccccc1CC2. The van der Waals surface area contributed by atoms with Gasteiger partial charge in [-0.25, -0.2) is 4.79 Å². The third-order valence-electron chi connectivity index (χ3n) is 3.80. The van der Waals surface area contributed by atoms with Crippen LogP contribution in [0.3, 0.4) is 0 Å². The number of carbonyl (C=O) groups excluding carboxylic acids is 1. The molecular weight excluding hydrogens is 268 g/mol. The number of aromatic carboxylic acids is 1. The molecule has 0 bridgehead atoms. The third-order valence-corrected chi connectivity index (χ3v) is 3.80. The maximum Gasteiger partial charge on any atom is 0.335 e. The molecule has 0 aromatic heterocycles. The lowest BCUT2D eigenvalue weighted by atomic mass is 9.96. The van der Waals surface area contributed by atoms with Crippen molar-refractivity contribution in [3.63, 3.8) is 0 Å². The highest BCUT2D eigenvalue weighted by Gasteiger charge is 2.26. The van der Waals surface area contributed by atoms with Gasteiger partial charge >= 0.3 is 5.97 Å². The molecule has 2 aromatic rings. The van der Waals surface area contributed by atoms with Crippen molar-refractivity contribution in [1.29, 1.82) is 0 Å². The minimum absolute atomic E-state index is 0.105. The summed E-state index contributed by atoms with van der Waals surface area (Å²) in [6.45, 7) is 0. The maximum atomic E-state index is 12.8. The Morgan fingerprint density at radius 3 is 2.57 bits per heavy atom. The lowest BCUT2D eigenvalue weighted by Crippen LogP contribution is -2.09. The molecule has 2 aromatic carbocycles. The Bertz CT molecular complexity index is 746. The van der Waals surface area contributed by atoms with Crippen molar-refractivity contribution < 1.29 is 19.4 Å². The normalized spacial score (nSPS) is 13.1. The molecule has 0 saturated carbocycles. The molecule has 21 heavy (non-hydrogen) atoms. The van der Waals surface area contributed by atoms with E-state index in [2.05, 4.69) is 0 Å². The summed E-state index contributed by atoms with van der Waals surface area (Å²) in [5, 5.41) is 9.18. The number of rotatable bonds is 2. The Labute approximate surface area is 122 Å². The molecule has 0 aliphatic heterocycles. The molecule has 4 heteroatoms. The second-order valence-electron chi connectivity index (χ2n) is 5.00. The molecule has 0 radical (unpaired) electrons. The summed E-state index contributed by atoms with van der Waals surface area (Å²) in [6.07, 6.45) is 1.33. The van der Waals surface area contributed by atoms with Gasteiger partial charge in [-0.3, -0.25) is 4.79 Å². The van der Waals surface area contributed by atoms with Crippen molar-refractivity contribution >= 4 is 11.8 Å². The van der Waals surface area contributed by atoms with Crippen LogP contribution < -0.4 is 4.74 Å². The van der Waals surface area contributed by atoms with Crippen molar-refractivity contribution in [2.75, 3.05) is 7.11 Å². The van der Waals surface area contributed by atoms with E-state index in [0.717, 1.165) is 11.1 Å². The smallest absolute Gasteiger partial charge is 0.335 e. The molecule has 0 saturated heterocycles. The average molecular weight is 282 g/mol. The quantitative estimate of drug-likeness (QED) is 0.920. The number of aryl methyl sites for hydroxylation is 2. The summed E-state index contributed by atoms with van der Waals surface area (Å²) < 4.78 is 5.26. The van der Waals surface area contributed by atoms with Gasteiger partial charge in [0.1, 0.15) is 5.75 Å². The summed E-state index contributed by atoms with van der Waals surface area (Å²) in [5.41, 5.74) is 3.00. The molecule has 0 amide bonds. The predicted molar refractivity (Wildman–Crippen MR) is 77.2 cm³/mol. The monoisotopic (exact) mass is 282 g/mol. The Kier molecular flexibility index (Phi) is 3.22. The minimum Gasteiger partial charge on any atom is -0.496 e. The number of ether oxygens (including phenoxy) is 1.